The van der Waals surface area contributed by atoms with Crippen LogP contribution in [0.25, 0.3) is 0 Å². The smallest absolute Gasteiger partial charge is 0.251 e. The van der Waals surface area contributed by atoms with Gasteiger partial charge in [-0.2, -0.15) is 0 Å². The highest BCUT2D eigenvalue weighted by molar-refractivity contribution is 7.17. The van der Waals surface area contributed by atoms with Crippen molar-refractivity contribution >= 4 is 34.4 Å². The van der Waals surface area contributed by atoms with E-state index in [-0.39, 0.29) is 17.7 Å². The molecule has 6 nitrogen and oxygen atoms in total. The number of carbonyl (C=O) groups is 3. The van der Waals surface area contributed by atoms with Crippen LogP contribution in [-0.4, -0.2) is 22.7 Å². The Morgan fingerprint density at radius 1 is 1.39 bits per heavy atom. The van der Waals surface area contributed by atoms with E-state index in [4.69, 9.17) is 5.73 Å². The molecule has 2 aromatic heterocycles. The molecule has 1 atom stereocenters. The third-order valence-corrected chi connectivity index (χ3v) is 6.72. The van der Waals surface area contributed by atoms with E-state index in [0.29, 0.717) is 28.7 Å². The van der Waals surface area contributed by atoms with E-state index in [1.54, 1.807) is 22.9 Å². The lowest BCUT2D eigenvalue weighted by atomic mass is 9.72. The first kappa shape index (κ1) is 20.3. The van der Waals surface area contributed by atoms with Crippen molar-refractivity contribution in [2.75, 3.05) is 5.32 Å². The third-order valence-electron chi connectivity index (χ3n) is 5.55. The van der Waals surface area contributed by atoms with Crippen molar-refractivity contribution in [3.8, 4) is 0 Å². The van der Waals surface area contributed by atoms with Crippen LogP contribution in [0.1, 0.15) is 64.9 Å². The third kappa shape index (κ3) is 4.19. The first-order valence-corrected chi connectivity index (χ1v) is 10.4. The maximum Gasteiger partial charge on any atom is 0.251 e. The summed E-state index contributed by atoms with van der Waals surface area (Å²) in [6, 6.07) is 3.47. The lowest BCUT2D eigenvalue weighted by Crippen LogP contribution is -2.27. The molecule has 0 saturated carbocycles. The fourth-order valence-corrected chi connectivity index (χ4v) is 5.17. The van der Waals surface area contributed by atoms with Crippen molar-refractivity contribution in [1.29, 1.82) is 0 Å². The van der Waals surface area contributed by atoms with Gasteiger partial charge in [0.15, 0.2) is 6.29 Å². The number of hydrogen-bond donors (Lipinski definition) is 2. The predicted octanol–water partition coefficient (Wildman–Crippen LogP) is 3.64. The molecule has 2 amide bonds. The molecule has 1 unspecified atom stereocenters. The topological polar surface area (TPSA) is 94.2 Å². The molecule has 150 valence electrons. The highest BCUT2D eigenvalue weighted by atomic mass is 32.1. The summed E-state index contributed by atoms with van der Waals surface area (Å²) >= 11 is 1.47. The number of hydrogen-bond acceptors (Lipinski definition) is 4. The SMILES string of the molecule is CC(C)(C)C1CCc2c(sc(NC(=O)CCn3cccc3C=O)c2C(N)=O)C1. The van der Waals surface area contributed by atoms with Crippen molar-refractivity contribution in [1.82, 2.24) is 4.57 Å². The minimum absolute atomic E-state index is 0.195. The zero-order valence-electron chi connectivity index (χ0n) is 16.6. The fraction of sp³-hybridized carbons (Fsp3) is 0.476. The van der Waals surface area contributed by atoms with Crippen LogP contribution in [0.2, 0.25) is 0 Å². The molecular weight excluding hydrogens is 374 g/mol. The number of aromatic nitrogens is 1. The molecule has 3 rings (SSSR count). The first-order valence-electron chi connectivity index (χ1n) is 9.55. The van der Waals surface area contributed by atoms with Crippen molar-refractivity contribution in [2.45, 2.75) is 53.0 Å². The van der Waals surface area contributed by atoms with Gasteiger partial charge in [0.2, 0.25) is 5.91 Å². The number of anilines is 1. The summed E-state index contributed by atoms with van der Waals surface area (Å²) in [6.45, 7) is 7.12. The van der Waals surface area contributed by atoms with Crippen molar-refractivity contribution in [3.63, 3.8) is 0 Å². The second-order valence-corrected chi connectivity index (χ2v) is 9.53. The standard InChI is InChI=1S/C21H27N3O3S/c1-21(2,3)13-6-7-15-16(11-13)28-20(18(15)19(22)27)23-17(26)8-10-24-9-4-5-14(24)12-25/h4-5,9,12-13H,6-8,10-11H2,1-3H3,(H2,22,27)(H,23,26). The van der Waals surface area contributed by atoms with Crippen LogP contribution >= 0.6 is 11.3 Å². The number of amides is 2. The number of nitrogens with two attached hydrogens (primary N) is 1. The number of aryl methyl sites for hydroxylation is 1. The van der Waals surface area contributed by atoms with E-state index in [1.807, 2.05) is 0 Å². The van der Waals surface area contributed by atoms with Gasteiger partial charge in [0, 0.05) is 24.0 Å². The minimum atomic E-state index is -0.490. The van der Waals surface area contributed by atoms with Crippen molar-refractivity contribution < 1.29 is 14.4 Å². The van der Waals surface area contributed by atoms with Gasteiger partial charge < -0.3 is 15.6 Å². The lowest BCUT2D eigenvalue weighted by molar-refractivity contribution is -0.116. The summed E-state index contributed by atoms with van der Waals surface area (Å²) < 4.78 is 1.73. The zero-order chi connectivity index (χ0) is 20.5. The van der Waals surface area contributed by atoms with E-state index < -0.39 is 5.91 Å². The number of rotatable bonds is 6. The van der Waals surface area contributed by atoms with Crippen LogP contribution < -0.4 is 11.1 Å². The number of thiophene rings is 1. The van der Waals surface area contributed by atoms with E-state index in [2.05, 4.69) is 26.1 Å². The van der Waals surface area contributed by atoms with Gasteiger partial charge in [0.05, 0.1) is 11.3 Å². The average Bonchev–Trinajstić information content (AvgIpc) is 3.21. The Labute approximate surface area is 169 Å². The molecule has 0 fully saturated rings. The largest absolute Gasteiger partial charge is 0.365 e. The number of carbonyl (C=O) groups excluding carboxylic acids is 3. The Balaban J connectivity index is 1.75. The van der Waals surface area contributed by atoms with Crippen LogP contribution in [0.15, 0.2) is 18.3 Å². The van der Waals surface area contributed by atoms with Gasteiger partial charge in [-0.1, -0.05) is 20.8 Å². The highest BCUT2D eigenvalue weighted by Gasteiger charge is 2.33. The lowest BCUT2D eigenvalue weighted by Gasteiger charge is -2.33. The molecule has 0 aliphatic heterocycles. The first-order chi connectivity index (χ1) is 13.2. The highest BCUT2D eigenvalue weighted by Crippen LogP contribution is 2.44. The molecular formula is C21H27N3O3S. The Morgan fingerprint density at radius 2 is 2.14 bits per heavy atom. The molecule has 7 heteroatoms. The number of fused-ring (bicyclic) bond motifs is 1. The second-order valence-electron chi connectivity index (χ2n) is 8.42. The van der Waals surface area contributed by atoms with Crippen LogP contribution in [0.4, 0.5) is 5.00 Å². The maximum atomic E-state index is 12.5. The van der Waals surface area contributed by atoms with Gasteiger partial charge in [0.25, 0.3) is 5.91 Å². The number of nitrogens with zero attached hydrogens (tertiary/aromatic N) is 1. The summed E-state index contributed by atoms with van der Waals surface area (Å²) in [5.74, 6) is -0.145. The van der Waals surface area contributed by atoms with Gasteiger partial charge in [-0.3, -0.25) is 14.4 Å². The van der Waals surface area contributed by atoms with E-state index >= 15 is 0 Å². The average molecular weight is 402 g/mol. The monoisotopic (exact) mass is 401 g/mol. The molecule has 0 bridgehead atoms. The second kappa shape index (κ2) is 7.91. The van der Waals surface area contributed by atoms with Gasteiger partial charge in [0.1, 0.15) is 5.00 Å². The maximum absolute atomic E-state index is 12.5. The van der Waals surface area contributed by atoms with Crippen LogP contribution in [0.3, 0.4) is 0 Å². The summed E-state index contributed by atoms with van der Waals surface area (Å²) in [5.41, 5.74) is 7.84. The zero-order valence-corrected chi connectivity index (χ0v) is 17.4. The number of aldehydes is 1. The summed E-state index contributed by atoms with van der Waals surface area (Å²) in [5, 5.41) is 3.44. The predicted molar refractivity (Wildman–Crippen MR) is 111 cm³/mol. The van der Waals surface area contributed by atoms with E-state index in [0.717, 1.165) is 36.0 Å². The van der Waals surface area contributed by atoms with Gasteiger partial charge in [-0.05, 0) is 48.3 Å². The van der Waals surface area contributed by atoms with Gasteiger partial charge in [-0.15, -0.1) is 11.3 Å². The molecule has 28 heavy (non-hydrogen) atoms. The van der Waals surface area contributed by atoms with E-state index in [9.17, 15) is 14.4 Å². The molecule has 1 aliphatic carbocycles. The molecule has 0 spiro atoms. The van der Waals surface area contributed by atoms with Gasteiger partial charge in [-0.25, -0.2) is 0 Å². The fourth-order valence-electron chi connectivity index (χ4n) is 3.82. The molecule has 3 N–H and O–H groups in total. The van der Waals surface area contributed by atoms with Crippen LogP contribution in [0, 0.1) is 11.3 Å². The Kier molecular flexibility index (Phi) is 5.74. The van der Waals surface area contributed by atoms with E-state index in [1.165, 1.54) is 11.3 Å². The Hall–Kier alpha value is -2.41. The molecule has 2 heterocycles. The Morgan fingerprint density at radius 3 is 2.79 bits per heavy atom. The molecule has 1 aliphatic rings. The summed E-state index contributed by atoms with van der Waals surface area (Å²) in [7, 11) is 0. The molecule has 0 aromatic carbocycles. The normalized spacial score (nSPS) is 16.5. The Bertz CT molecular complexity index is 905. The number of primary amides is 1. The summed E-state index contributed by atoms with van der Waals surface area (Å²) in [6.07, 6.45) is 5.48. The van der Waals surface area contributed by atoms with Gasteiger partial charge >= 0.3 is 0 Å². The number of nitrogens with one attached hydrogen (secondary N) is 1. The minimum Gasteiger partial charge on any atom is -0.365 e. The summed E-state index contributed by atoms with van der Waals surface area (Å²) in [4.78, 5) is 36.7. The van der Waals surface area contributed by atoms with Crippen LogP contribution in [0.5, 0.6) is 0 Å². The molecule has 2 aromatic rings. The van der Waals surface area contributed by atoms with Crippen molar-refractivity contribution in [2.24, 2.45) is 17.1 Å². The van der Waals surface area contributed by atoms with Crippen molar-refractivity contribution in [3.05, 3.63) is 40.0 Å². The molecule has 0 saturated heterocycles. The molecule has 0 radical (unpaired) electrons. The van der Waals surface area contributed by atoms with Crippen LogP contribution in [-0.2, 0) is 24.2 Å². The quantitative estimate of drug-likeness (QED) is 0.724.